The molecule has 2 aromatic rings. The van der Waals surface area contributed by atoms with Gasteiger partial charge in [-0.15, -0.1) is 0 Å². The van der Waals surface area contributed by atoms with Crippen molar-refractivity contribution in [3.8, 4) is 11.8 Å². The second kappa shape index (κ2) is 5.36. The largest absolute Gasteiger partial charge is 0.481 e. The SMILES string of the molecule is COc1cc(OC)nc(NC2Cc3ccccc3C2)n1. The van der Waals surface area contributed by atoms with Gasteiger partial charge in [0.1, 0.15) is 0 Å². The molecule has 0 unspecified atom stereocenters. The molecule has 0 radical (unpaired) electrons. The average molecular weight is 271 g/mol. The van der Waals surface area contributed by atoms with Gasteiger partial charge in [-0.25, -0.2) is 0 Å². The number of nitrogens with one attached hydrogen (secondary N) is 1. The number of hydrogen-bond donors (Lipinski definition) is 1. The van der Waals surface area contributed by atoms with Crippen molar-refractivity contribution in [2.45, 2.75) is 18.9 Å². The van der Waals surface area contributed by atoms with Crippen LogP contribution in [0.4, 0.5) is 5.95 Å². The zero-order valence-electron chi connectivity index (χ0n) is 11.6. The van der Waals surface area contributed by atoms with Gasteiger partial charge < -0.3 is 14.8 Å². The maximum absolute atomic E-state index is 5.15. The number of nitrogens with zero attached hydrogens (tertiary/aromatic N) is 2. The summed E-state index contributed by atoms with van der Waals surface area (Å²) in [6, 6.07) is 10.5. The van der Waals surface area contributed by atoms with Crippen LogP contribution in [0, 0.1) is 0 Å². The molecule has 0 amide bonds. The van der Waals surface area contributed by atoms with Crippen molar-refractivity contribution < 1.29 is 9.47 Å². The van der Waals surface area contributed by atoms with Gasteiger partial charge in [0.15, 0.2) is 0 Å². The highest BCUT2D eigenvalue weighted by molar-refractivity contribution is 5.40. The highest BCUT2D eigenvalue weighted by Gasteiger charge is 2.21. The monoisotopic (exact) mass is 271 g/mol. The smallest absolute Gasteiger partial charge is 0.229 e. The molecule has 5 nitrogen and oxygen atoms in total. The van der Waals surface area contributed by atoms with Gasteiger partial charge in [0.05, 0.1) is 20.3 Å². The van der Waals surface area contributed by atoms with E-state index in [1.54, 1.807) is 20.3 Å². The van der Waals surface area contributed by atoms with Gasteiger partial charge in [-0.2, -0.15) is 9.97 Å². The fourth-order valence-electron chi connectivity index (χ4n) is 2.52. The maximum Gasteiger partial charge on any atom is 0.229 e. The Labute approximate surface area is 118 Å². The average Bonchev–Trinajstić information content (AvgIpc) is 2.88. The lowest BCUT2D eigenvalue weighted by Crippen LogP contribution is -2.21. The van der Waals surface area contributed by atoms with Crippen LogP contribution in [-0.4, -0.2) is 30.2 Å². The van der Waals surface area contributed by atoms with E-state index in [2.05, 4.69) is 39.6 Å². The first-order chi connectivity index (χ1) is 9.78. The van der Waals surface area contributed by atoms with Gasteiger partial charge in [-0.05, 0) is 24.0 Å². The fraction of sp³-hybridized carbons (Fsp3) is 0.333. The number of benzene rings is 1. The van der Waals surface area contributed by atoms with E-state index in [0.717, 1.165) is 12.8 Å². The molecule has 0 fully saturated rings. The molecule has 1 aromatic carbocycles. The zero-order chi connectivity index (χ0) is 13.9. The van der Waals surface area contributed by atoms with Crippen LogP contribution in [0.25, 0.3) is 0 Å². The first-order valence-corrected chi connectivity index (χ1v) is 6.59. The predicted octanol–water partition coefficient (Wildman–Crippen LogP) is 2.07. The van der Waals surface area contributed by atoms with E-state index in [4.69, 9.17) is 9.47 Å². The Morgan fingerprint density at radius 1 is 1.00 bits per heavy atom. The Balaban J connectivity index is 1.76. The molecule has 0 bridgehead atoms. The lowest BCUT2D eigenvalue weighted by atomic mass is 10.1. The molecule has 5 heteroatoms. The molecule has 1 aromatic heterocycles. The molecule has 1 aliphatic rings. The summed E-state index contributed by atoms with van der Waals surface area (Å²) in [6.45, 7) is 0. The van der Waals surface area contributed by atoms with Crippen molar-refractivity contribution in [1.29, 1.82) is 0 Å². The second-order valence-corrected chi connectivity index (χ2v) is 4.79. The standard InChI is InChI=1S/C15H17N3O2/c1-19-13-9-14(20-2)18-15(17-13)16-12-7-10-5-3-4-6-11(10)8-12/h3-6,9,12H,7-8H2,1-2H3,(H,16,17,18). The van der Waals surface area contributed by atoms with Crippen molar-refractivity contribution in [2.75, 3.05) is 19.5 Å². The van der Waals surface area contributed by atoms with Gasteiger partial charge in [-0.1, -0.05) is 24.3 Å². The maximum atomic E-state index is 5.15. The lowest BCUT2D eigenvalue weighted by molar-refractivity contribution is 0.372. The molecule has 20 heavy (non-hydrogen) atoms. The van der Waals surface area contributed by atoms with Crippen LogP contribution in [0.2, 0.25) is 0 Å². The Bertz CT molecular complexity index is 569. The van der Waals surface area contributed by atoms with E-state index < -0.39 is 0 Å². The number of ether oxygens (including phenoxy) is 2. The van der Waals surface area contributed by atoms with E-state index in [1.165, 1.54) is 11.1 Å². The highest BCUT2D eigenvalue weighted by atomic mass is 16.5. The molecule has 0 aliphatic heterocycles. The number of aromatic nitrogens is 2. The van der Waals surface area contributed by atoms with Crippen molar-refractivity contribution in [1.82, 2.24) is 9.97 Å². The number of anilines is 1. The van der Waals surface area contributed by atoms with Crippen molar-refractivity contribution >= 4 is 5.95 Å². The van der Waals surface area contributed by atoms with Crippen molar-refractivity contribution in [2.24, 2.45) is 0 Å². The van der Waals surface area contributed by atoms with E-state index in [0.29, 0.717) is 23.8 Å². The van der Waals surface area contributed by atoms with Gasteiger partial charge in [0.25, 0.3) is 0 Å². The van der Waals surface area contributed by atoms with E-state index in [9.17, 15) is 0 Å². The van der Waals surface area contributed by atoms with Crippen molar-refractivity contribution in [3.05, 3.63) is 41.5 Å². The van der Waals surface area contributed by atoms with Crippen LogP contribution in [0.1, 0.15) is 11.1 Å². The molecule has 104 valence electrons. The number of fused-ring (bicyclic) bond motifs is 1. The Morgan fingerprint density at radius 3 is 2.05 bits per heavy atom. The topological polar surface area (TPSA) is 56.3 Å². The summed E-state index contributed by atoms with van der Waals surface area (Å²) in [5, 5.41) is 3.36. The van der Waals surface area contributed by atoms with Crippen LogP contribution in [0.3, 0.4) is 0 Å². The molecule has 1 heterocycles. The van der Waals surface area contributed by atoms with Crippen molar-refractivity contribution in [3.63, 3.8) is 0 Å². The minimum Gasteiger partial charge on any atom is -0.481 e. The molecular weight excluding hydrogens is 254 g/mol. The summed E-state index contributed by atoms with van der Waals surface area (Å²) < 4.78 is 10.3. The summed E-state index contributed by atoms with van der Waals surface area (Å²) in [5.41, 5.74) is 2.78. The normalized spacial score (nSPS) is 13.9. The quantitative estimate of drug-likeness (QED) is 0.922. The number of methoxy groups -OCH3 is 2. The molecule has 0 saturated heterocycles. The van der Waals surface area contributed by atoms with Gasteiger partial charge in [-0.3, -0.25) is 0 Å². The number of hydrogen-bond acceptors (Lipinski definition) is 5. The molecule has 1 N–H and O–H groups in total. The van der Waals surface area contributed by atoms with Crippen LogP contribution in [0.15, 0.2) is 30.3 Å². The summed E-state index contributed by atoms with van der Waals surface area (Å²) in [5.74, 6) is 1.53. The van der Waals surface area contributed by atoms with Crippen LogP contribution in [0.5, 0.6) is 11.8 Å². The summed E-state index contributed by atoms with van der Waals surface area (Å²) in [6.07, 6.45) is 1.97. The summed E-state index contributed by atoms with van der Waals surface area (Å²) in [7, 11) is 3.16. The molecular formula is C15H17N3O2. The van der Waals surface area contributed by atoms with E-state index in [-0.39, 0.29) is 0 Å². The summed E-state index contributed by atoms with van der Waals surface area (Å²) in [4.78, 5) is 8.60. The van der Waals surface area contributed by atoms with E-state index >= 15 is 0 Å². The summed E-state index contributed by atoms with van der Waals surface area (Å²) >= 11 is 0. The van der Waals surface area contributed by atoms with Gasteiger partial charge in [0, 0.05) is 6.04 Å². The Hall–Kier alpha value is -2.30. The van der Waals surface area contributed by atoms with Gasteiger partial charge >= 0.3 is 0 Å². The highest BCUT2D eigenvalue weighted by Crippen LogP contribution is 2.25. The second-order valence-electron chi connectivity index (χ2n) is 4.79. The molecule has 1 aliphatic carbocycles. The Kier molecular flexibility index (Phi) is 3.41. The third-order valence-corrected chi connectivity index (χ3v) is 3.48. The molecule has 0 atom stereocenters. The van der Waals surface area contributed by atoms with Crippen LogP contribution in [-0.2, 0) is 12.8 Å². The third-order valence-electron chi connectivity index (χ3n) is 3.48. The van der Waals surface area contributed by atoms with Crippen LogP contribution < -0.4 is 14.8 Å². The first-order valence-electron chi connectivity index (χ1n) is 6.59. The Morgan fingerprint density at radius 2 is 1.55 bits per heavy atom. The minimum absolute atomic E-state index is 0.309. The molecule has 3 rings (SSSR count). The van der Waals surface area contributed by atoms with Crippen LogP contribution >= 0.6 is 0 Å². The molecule has 0 spiro atoms. The third kappa shape index (κ3) is 2.52. The zero-order valence-corrected chi connectivity index (χ0v) is 11.6. The van der Waals surface area contributed by atoms with E-state index in [1.807, 2.05) is 0 Å². The lowest BCUT2D eigenvalue weighted by Gasteiger charge is -2.13. The first kappa shape index (κ1) is 12.7. The molecule has 0 saturated carbocycles. The number of rotatable bonds is 4. The minimum atomic E-state index is 0.309. The van der Waals surface area contributed by atoms with Gasteiger partial charge in [0.2, 0.25) is 17.7 Å². The fourth-order valence-corrected chi connectivity index (χ4v) is 2.52. The predicted molar refractivity (Wildman–Crippen MR) is 76.4 cm³/mol.